The van der Waals surface area contributed by atoms with Gasteiger partial charge in [-0.15, -0.1) is 0 Å². The fourth-order valence-electron chi connectivity index (χ4n) is 1.05. The molecule has 62 valence electrons. The van der Waals surface area contributed by atoms with Crippen LogP contribution in [-0.2, 0) is 0 Å². The normalized spacial score (nSPS) is 17.0. The van der Waals surface area contributed by atoms with Crippen LogP contribution in [-0.4, -0.2) is 10.7 Å². The molecule has 0 saturated carbocycles. The fourth-order valence-corrected chi connectivity index (χ4v) is 1.87. The van der Waals surface area contributed by atoms with Gasteiger partial charge in [0.15, 0.2) is 0 Å². The molecule has 1 N–H and O–H groups in total. The van der Waals surface area contributed by atoms with Crippen molar-refractivity contribution in [2.24, 2.45) is 0 Å². The van der Waals surface area contributed by atoms with Crippen molar-refractivity contribution in [1.82, 2.24) is 4.83 Å². The van der Waals surface area contributed by atoms with Crippen molar-refractivity contribution in [3.63, 3.8) is 0 Å². The van der Waals surface area contributed by atoms with E-state index in [1.807, 2.05) is 23.2 Å². The van der Waals surface area contributed by atoms with Gasteiger partial charge in [-0.25, -0.2) is 0 Å². The third kappa shape index (κ3) is 1.60. The van der Waals surface area contributed by atoms with Gasteiger partial charge in [-0.2, -0.15) is 4.83 Å². The van der Waals surface area contributed by atoms with Crippen LogP contribution in [0.2, 0.25) is 0 Å². The van der Waals surface area contributed by atoms with E-state index >= 15 is 0 Å². The standard InChI is InChI=1S/C8H8N2S2/c11-8-6-10(9-12-8)7-4-2-1-3-5-7/h1-5,9H,6H2. The molecule has 0 amide bonds. The van der Waals surface area contributed by atoms with Crippen LogP contribution in [0.5, 0.6) is 0 Å². The summed E-state index contributed by atoms with van der Waals surface area (Å²) < 4.78 is 0.985. The van der Waals surface area contributed by atoms with Gasteiger partial charge < -0.3 is 0 Å². The molecule has 0 aliphatic carbocycles. The van der Waals surface area contributed by atoms with Gasteiger partial charge in [0.2, 0.25) is 0 Å². The lowest BCUT2D eigenvalue weighted by atomic mass is 10.3. The Morgan fingerprint density at radius 2 is 2.08 bits per heavy atom. The lowest BCUT2D eigenvalue weighted by molar-refractivity contribution is 0.920. The molecule has 0 atom stereocenters. The number of hydrazine groups is 1. The largest absolute Gasteiger partial charge is 0.293 e. The topological polar surface area (TPSA) is 15.3 Å². The summed E-state index contributed by atoms with van der Waals surface area (Å²) in [5.41, 5.74) is 1.16. The van der Waals surface area contributed by atoms with Gasteiger partial charge >= 0.3 is 0 Å². The molecule has 0 bridgehead atoms. The average molecular weight is 196 g/mol. The summed E-state index contributed by atoms with van der Waals surface area (Å²) in [6.07, 6.45) is 0. The van der Waals surface area contributed by atoms with Crippen molar-refractivity contribution >= 4 is 34.0 Å². The second kappa shape index (κ2) is 3.43. The SMILES string of the molecule is S=C1CN(c2ccccc2)NS1. The van der Waals surface area contributed by atoms with Crippen LogP contribution in [0.25, 0.3) is 0 Å². The van der Waals surface area contributed by atoms with E-state index in [1.54, 1.807) is 0 Å². The van der Waals surface area contributed by atoms with Crippen molar-refractivity contribution in [1.29, 1.82) is 0 Å². The quantitative estimate of drug-likeness (QED) is 0.545. The first-order valence-electron chi connectivity index (χ1n) is 3.64. The summed E-state index contributed by atoms with van der Waals surface area (Å²) >= 11 is 6.56. The van der Waals surface area contributed by atoms with E-state index in [4.69, 9.17) is 12.2 Å². The van der Waals surface area contributed by atoms with E-state index in [1.165, 1.54) is 11.9 Å². The number of thiocarbonyl (C=S) groups is 1. The Labute approximate surface area is 81.1 Å². The van der Waals surface area contributed by atoms with Gasteiger partial charge in [0, 0.05) is 0 Å². The van der Waals surface area contributed by atoms with Crippen LogP contribution in [0.3, 0.4) is 0 Å². The summed E-state index contributed by atoms with van der Waals surface area (Å²) in [5, 5.41) is 2.03. The minimum absolute atomic E-state index is 0.810. The zero-order chi connectivity index (χ0) is 8.39. The average Bonchev–Trinajstić information content (AvgIpc) is 2.54. The second-order valence-electron chi connectivity index (χ2n) is 2.49. The van der Waals surface area contributed by atoms with Gasteiger partial charge in [-0.1, -0.05) is 30.4 Å². The monoisotopic (exact) mass is 196 g/mol. The molecule has 2 rings (SSSR count). The third-order valence-corrected chi connectivity index (χ3v) is 2.67. The molecule has 4 heteroatoms. The van der Waals surface area contributed by atoms with E-state index in [2.05, 4.69) is 17.0 Å². The molecule has 1 heterocycles. The maximum Gasteiger partial charge on any atom is 0.0858 e. The molecule has 2 nitrogen and oxygen atoms in total. The lowest BCUT2D eigenvalue weighted by Gasteiger charge is -2.15. The number of hydrogen-bond donors (Lipinski definition) is 1. The van der Waals surface area contributed by atoms with Crippen molar-refractivity contribution < 1.29 is 0 Å². The first-order chi connectivity index (χ1) is 5.86. The minimum Gasteiger partial charge on any atom is -0.293 e. The summed E-state index contributed by atoms with van der Waals surface area (Å²) in [7, 11) is 0. The summed E-state index contributed by atoms with van der Waals surface area (Å²) in [6, 6.07) is 10.2. The van der Waals surface area contributed by atoms with Crippen LogP contribution >= 0.6 is 24.2 Å². The highest BCUT2D eigenvalue weighted by atomic mass is 32.2. The summed E-state index contributed by atoms with van der Waals surface area (Å²) in [4.78, 5) is 3.13. The maximum absolute atomic E-state index is 5.05. The number of benzene rings is 1. The van der Waals surface area contributed by atoms with E-state index in [9.17, 15) is 0 Å². The Balaban J connectivity index is 2.16. The molecule has 1 aromatic rings. The molecule has 12 heavy (non-hydrogen) atoms. The van der Waals surface area contributed by atoms with Crippen LogP contribution in [0, 0.1) is 0 Å². The van der Waals surface area contributed by atoms with E-state index < -0.39 is 0 Å². The highest BCUT2D eigenvalue weighted by Gasteiger charge is 2.16. The van der Waals surface area contributed by atoms with Gasteiger partial charge in [-0.3, -0.25) is 5.01 Å². The molecule has 1 fully saturated rings. The van der Waals surface area contributed by atoms with E-state index in [0.717, 1.165) is 16.4 Å². The molecular weight excluding hydrogens is 188 g/mol. The maximum atomic E-state index is 5.05. The van der Waals surface area contributed by atoms with Crippen molar-refractivity contribution in [3.8, 4) is 0 Å². The van der Waals surface area contributed by atoms with Crippen LogP contribution < -0.4 is 9.84 Å². The van der Waals surface area contributed by atoms with E-state index in [-0.39, 0.29) is 0 Å². The molecule has 1 aliphatic rings. The Morgan fingerprint density at radius 3 is 2.67 bits per heavy atom. The van der Waals surface area contributed by atoms with Gasteiger partial charge in [0.05, 0.1) is 16.4 Å². The Kier molecular flexibility index (Phi) is 2.30. The minimum atomic E-state index is 0.810. The van der Waals surface area contributed by atoms with Gasteiger partial charge in [-0.05, 0) is 24.1 Å². The van der Waals surface area contributed by atoms with Crippen molar-refractivity contribution in [2.45, 2.75) is 0 Å². The Hall–Kier alpha value is -0.580. The zero-order valence-corrected chi connectivity index (χ0v) is 7.99. The number of para-hydroxylation sites is 1. The number of nitrogens with one attached hydrogen (secondary N) is 1. The van der Waals surface area contributed by atoms with Crippen molar-refractivity contribution in [3.05, 3.63) is 30.3 Å². The predicted octanol–water partition coefficient (Wildman–Crippen LogP) is 1.99. The number of rotatable bonds is 1. The predicted molar refractivity (Wildman–Crippen MR) is 57.1 cm³/mol. The third-order valence-electron chi connectivity index (χ3n) is 1.62. The van der Waals surface area contributed by atoms with Crippen LogP contribution in [0.1, 0.15) is 0 Å². The zero-order valence-electron chi connectivity index (χ0n) is 6.36. The molecule has 0 aromatic heterocycles. The summed E-state index contributed by atoms with van der Waals surface area (Å²) in [5.74, 6) is 0. The second-order valence-corrected chi connectivity index (χ2v) is 4.12. The molecule has 0 spiro atoms. The number of hydrogen-bond acceptors (Lipinski definition) is 4. The molecule has 1 aromatic carbocycles. The van der Waals surface area contributed by atoms with Crippen LogP contribution in [0.4, 0.5) is 5.69 Å². The molecule has 1 aliphatic heterocycles. The first kappa shape index (κ1) is 8.04. The highest BCUT2D eigenvalue weighted by Crippen LogP contribution is 2.19. The van der Waals surface area contributed by atoms with E-state index in [0.29, 0.717) is 0 Å². The van der Waals surface area contributed by atoms with Gasteiger partial charge in [0.25, 0.3) is 0 Å². The van der Waals surface area contributed by atoms with Gasteiger partial charge in [0.1, 0.15) is 0 Å². The highest BCUT2D eigenvalue weighted by molar-refractivity contribution is 8.22. The Bertz CT molecular complexity index is 286. The number of nitrogens with zero attached hydrogens (tertiary/aromatic N) is 1. The number of anilines is 1. The molecular formula is C8H8N2S2. The first-order valence-corrected chi connectivity index (χ1v) is 4.86. The fraction of sp³-hybridized carbons (Fsp3) is 0.125. The van der Waals surface area contributed by atoms with Crippen molar-refractivity contribution in [2.75, 3.05) is 11.6 Å². The molecule has 0 radical (unpaired) electrons. The lowest BCUT2D eigenvalue weighted by Crippen LogP contribution is -2.27. The molecule has 0 unspecified atom stereocenters. The van der Waals surface area contributed by atoms with Crippen LogP contribution in [0.15, 0.2) is 30.3 Å². The Morgan fingerprint density at radius 1 is 1.33 bits per heavy atom. The summed E-state index contributed by atoms with van der Waals surface area (Å²) in [6.45, 7) is 0.810. The molecule has 1 saturated heterocycles. The smallest absolute Gasteiger partial charge is 0.0858 e.